The van der Waals surface area contributed by atoms with Crippen LogP contribution in [-0.2, 0) is 14.8 Å². The van der Waals surface area contributed by atoms with Gasteiger partial charge in [-0.05, 0) is 72.8 Å². The molecule has 3 aromatic carbocycles. The predicted octanol–water partition coefficient (Wildman–Crippen LogP) is 3.52. The fraction of sp³-hybridized carbons (Fsp3) is 0.240. The molecule has 3 aromatic rings. The van der Waals surface area contributed by atoms with E-state index in [1.165, 1.54) is 12.1 Å². The number of rotatable bonds is 7. The zero-order chi connectivity index (χ0) is 25.0. The lowest BCUT2D eigenvalue weighted by Crippen LogP contribution is -2.52. The Morgan fingerprint density at radius 2 is 1.40 bits per heavy atom. The Balaban J connectivity index is 1.50. The van der Waals surface area contributed by atoms with Crippen molar-refractivity contribution < 1.29 is 26.7 Å². The molecule has 0 radical (unpaired) electrons. The van der Waals surface area contributed by atoms with Crippen LogP contribution in [0.15, 0.2) is 77.7 Å². The molecule has 1 aliphatic rings. The third-order valence-electron chi connectivity index (χ3n) is 5.87. The van der Waals surface area contributed by atoms with E-state index < -0.39 is 28.2 Å². The summed E-state index contributed by atoms with van der Waals surface area (Å²) in [5.41, 5.74) is 1.14. The van der Waals surface area contributed by atoms with Crippen molar-refractivity contribution in [1.82, 2.24) is 4.90 Å². The van der Waals surface area contributed by atoms with Gasteiger partial charge in [-0.3, -0.25) is 9.10 Å². The minimum atomic E-state index is -4.20. The number of piperazine rings is 1. The first-order valence-electron chi connectivity index (χ1n) is 11.0. The monoisotopic (exact) mass is 501 g/mol. The average Bonchev–Trinajstić information content (AvgIpc) is 2.88. The van der Waals surface area contributed by atoms with E-state index in [1.807, 2.05) is 24.3 Å². The van der Waals surface area contributed by atoms with E-state index in [2.05, 4.69) is 4.90 Å². The Bertz CT molecular complexity index is 1260. The van der Waals surface area contributed by atoms with E-state index >= 15 is 0 Å². The molecule has 10 heteroatoms. The molecule has 0 aliphatic carbocycles. The lowest BCUT2D eigenvalue weighted by molar-refractivity contribution is -0.129. The van der Waals surface area contributed by atoms with Gasteiger partial charge in [-0.15, -0.1) is 0 Å². The topological polar surface area (TPSA) is 70.2 Å². The van der Waals surface area contributed by atoms with Crippen LogP contribution in [-0.4, -0.2) is 59.1 Å². The number of methoxy groups -OCH3 is 1. The number of amides is 1. The molecule has 1 saturated heterocycles. The highest BCUT2D eigenvalue weighted by Gasteiger charge is 2.30. The maximum absolute atomic E-state index is 13.5. The van der Waals surface area contributed by atoms with Gasteiger partial charge in [-0.2, -0.15) is 0 Å². The number of carbonyl (C=O) groups is 1. The average molecular weight is 502 g/mol. The van der Waals surface area contributed by atoms with Crippen molar-refractivity contribution >= 4 is 27.3 Å². The summed E-state index contributed by atoms with van der Waals surface area (Å²) in [5, 5.41) is 0. The molecule has 184 valence electrons. The second-order valence-corrected chi connectivity index (χ2v) is 9.87. The highest BCUT2D eigenvalue weighted by molar-refractivity contribution is 7.92. The summed E-state index contributed by atoms with van der Waals surface area (Å²) in [5.74, 6) is -0.739. The number of benzene rings is 3. The number of anilines is 2. The Kier molecular flexibility index (Phi) is 7.20. The molecule has 7 nitrogen and oxygen atoms in total. The molecule has 0 bridgehead atoms. The first-order valence-corrected chi connectivity index (χ1v) is 12.4. The Morgan fingerprint density at radius 3 is 1.94 bits per heavy atom. The van der Waals surface area contributed by atoms with Crippen LogP contribution in [0.5, 0.6) is 5.75 Å². The molecule has 0 saturated carbocycles. The molecule has 1 amide bonds. The second-order valence-electron chi connectivity index (χ2n) is 8.01. The van der Waals surface area contributed by atoms with E-state index in [0.717, 1.165) is 52.1 Å². The van der Waals surface area contributed by atoms with E-state index in [9.17, 15) is 22.0 Å². The summed E-state index contributed by atoms with van der Waals surface area (Å²) in [7, 11) is -2.60. The summed E-state index contributed by atoms with van der Waals surface area (Å²) in [4.78, 5) is 16.7. The first-order chi connectivity index (χ1) is 16.8. The van der Waals surface area contributed by atoms with Crippen molar-refractivity contribution in [1.29, 1.82) is 0 Å². The fourth-order valence-corrected chi connectivity index (χ4v) is 5.30. The molecule has 0 unspecified atom stereocenters. The Morgan fingerprint density at radius 1 is 0.857 bits per heavy atom. The number of nitrogens with zero attached hydrogens (tertiary/aromatic N) is 3. The van der Waals surface area contributed by atoms with Gasteiger partial charge in [0.2, 0.25) is 5.91 Å². The molecule has 0 aromatic heterocycles. The highest BCUT2D eigenvalue weighted by atomic mass is 32.2. The van der Waals surface area contributed by atoms with Crippen molar-refractivity contribution in [3.63, 3.8) is 0 Å². The largest absolute Gasteiger partial charge is 0.497 e. The standard InChI is InChI=1S/C25H25F2N3O4S/c1-34-23-10-8-21(9-11-23)28-14-16-29(17-15-28)25(31)18-30(22-6-2-19(26)3-7-22)35(32,33)24-12-4-20(27)5-13-24/h2-13H,14-18H2,1H3. The van der Waals surface area contributed by atoms with Gasteiger partial charge in [0.05, 0.1) is 17.7 Å². The molecule has 35 heavy (non-hydrogen) atoms. The number of hydrogen-bond donors (Lipinski definition) is 0. The maximum Gasteiger partial charge on any atom is 0.264 e. The van der Waals surface area contributed by atoms with Gasteiger partial charge in [-0.1, -0.05) is 0 Å². The zero-order valence-electron chi connectivity index (χ0n) is 19.1. The smallest absolute Gasteiger partial charge is 0.264 e. The lowest BCUT2D eigenvalue weighted by Gasteiger charge is -2.37. The third-order valence-corrected chi connectivity index (χ3v) is 7.65. The van der Waals surface area contributed by atoms with Crippen LogP contribution in [0, 0.1) is 11.6 Å². The minimum absolute atomic E-state index is 0.140. The van der Waals surface area contributed by atoms with Gasteiger partial charge >= 0.3 is 0 Å². The molecule has 0 atom stereocenters. The summed E-state index contributed by atoms with van der Waals surface area (Å²) in [6.45, 7) is 1.53. The van der Waals surface area contributed by atoms with Crippen molar-refractivity contribution in [3.8, 4) is 5.75 Å². The van der Waals surface area contributed by atoms with Crippen molar-refractivity contribution in [2.75, 3.05) is 49.0 Å². The number of sulfonamides is 1. The number of halogens is 2. The second kappa shape index (κ2) is 10.3. The van der Waals surface area contributed by atoms with Gasteiger partial charge in [0.15, 0.2) is 0 Å². The maximum atomic E-state index is 13.5. The molecular formula is C25H25F2N3O4S. The van der Waals surface area contributed by atoms with Gasteiger partial charge in [-0.25, -0.2) is 17.2 Å². The molecule has 1 aliphatic heterocycles. The Hall–Kier alpha value is -3.66. The summed E-state index contributed by atoms with van der Waals surface area (Å²) < 4.78 is 59.7. The van der Waals surface area contributed by atoms with Crippen LogP contribution < -0.4 is 13.9 Å². The van der Waals surface area contributed by atoms with Crippen LogP contribution in [0.1, 0.15) is 0 Å². The fourth-order valence-electron chi connectivity index (χ4n) is 3.89. The summed E-state index contributed by atoms with van der Waals surface area (Å²) in [6, 6.07) is 16.8. The van der Waals surface area contributed by atoms with E-state index in [0.29, 0.717) is 26.2 Å². The van der Waals surface area contributed by atoms with Gasteiger partial charge in [0.25, 0.3) is 10.0 Å². The molecular weight excluding hydrogens is 476 g/mol. The molecule has 0 spiro atoms. The highest BCUT2D eigenvalue weighted by Crippen LogP contribution is 2.25. The SMILES string of the molecule is COc1ccc(N2CCN(C(=O)CN(c3ccc(F)cc3)S(=O)(=O)c3ccc(F)cc3)CC2)cc1. The van der Waals surface area contributed by atoms with Gasteiger partial charge < -0.3 is 14.5 Å². The summed E-state index contributed by atoms with van der Waals surface area (Å²) in [6.07, 6.45) is 0. The van der Waals surface area contributed by atoms with Crippen LogP contribution in [0.2, 0.25) is 0 Å². The predicted molar refractivity (Wildman–Crippen MR) is 129 cm³/mol. The number of carbonyl (C=O) groups excluding carboxylic acids is 1. The van der Waals surface area contributed by atoms with E-state index in [1.54, 1.807) is 12.0 Å². The molecule has 4 rings (SSSR count). The normalized spacial score (nSPS) is 14.0. The summed E-state index contributed by atoms with van der Waals surface area (Å²) >= 11 is 0. The van der Waals surface area contributed by atoms with E-state index in [-0.39, 0.29) is 16.5 Å². The minimum Gasteiger partial charge on any atom is -0.497 e. The first kappa shape index (κ1) is 24.5. The van der Waals surface area contributed by atoms with Gasteiger partial charge in [0.1, 0.15) is 23.9 Å². The Labute approximate surface area is 203 Å². The number of hydrogen-bond acceptors (Lipinski definition) is 5. The van der Waals surface area contributed by atoms with Crippen LogP contribution >= 0.6 is 0 Å². The van der Waals surface area contributed by atoms with Crippen molar-refractivity contribution in [2.24, 2.45) is 0 Å². The quantitative estimate of drug-likeness (QED) is 0.496. The zero-order valence-corrected chi connectivity index (χ0v) is 19.9. The number of ether oxygens (including phenoxy) is 1. The molecule has 1 fully saturated rings. The third kappa shape index (κ3) is 5.54. The lowest BCUT2D eigenvalue weighted by atomic mass is 10.2. The van der Waals surface area contributed by atoms with Gasteiger partial charge in [0, 0.05) is 31.9 Å². The molecule has 0 N–H and O–H groups in total. The van der Waals surface area contributed by atoms with E-state index in [4.69, 9.17) is 4.74 Å². The molecule has 1 heterocycles. The van der Waals surface area contributed by atoms with Crippen LogP contribution in [0.3, 0.4) is 0 Å². The van der Waals surface area contributed by atoms with Crippen molar-refractivity contribution in [2.45, 2.75) is 4.90 Å². The van der Waals surface area contributed by atoms with Crippen molar-refractivity contribution in [3.05, 3.63) is 84.4 Å². The van der Waals surface area contributed by atoms with Crippen LogP contribution in [0.4, 0.5) is 20.2 Å². The van der Waals surface area contributed by atoms with Crippen LogP contribution in [0.25, 0.3) is 0 Å².